The van der Waals surface area contributed by atoms with Gasteiger partial charge in [0.15, 0.2) is 6.10 Å². The summed E-state index contributed by atoms with van der Waals surface area (Å²) in [5, 5.41) is 3.02. The highest BCUT2D eigenvalue weighted by Crippen LogP contribution is 2.38. The molecular formula is C28H32N2O5S. The Labute approximate surface area is 213 Å². The number of methoxy groups -OCH3 is 1. The van der Waals surface area contributed by atoms with Crippen LogP contribution in [0, 0.1) is 27.7 Å². The van der Waals surface area contributed by atoms with Crippen LogP contribution in [-0.4, -0.2) is 34.1 Å². The van der Waals surface area contributed by atoms with Crippen LogP contribution < -0.4 is 19.1 Å². The van der Waals surface area contributed by atoms with Crippen molar-refractivity contribution in [3.63, 3.8) is 0 Å². The maximum absolute atomic E-state index is 13.7. The van der Waals surface area contributed by atoms with Crippen LogP contribution in [0.4, 0.5) is 5.69 Å². The van der Waals surface area contributed by atoms with Crippen molar-refractivity contribution in [3.8, 4) is 11.5 Å². The molecular weight excluding hydrogens is 476 g/mol. The predicted octanol–water partition coefficient (Wildman–Crippen LogP) is 4.76. The molecule has 8 heteroatoms. The monoisotopic (exact) mass is 508 g/mol. The van der Waals surface area contributed by atoms with Gasteiger partial charge in [0, 0.05) is 0 Å². The van der Waals surface area contributed by atoms with Crippen molar-refractivity contribution in [2.24, 2.45) is 0 Å². The highest BCUT2D eigenvalue weighted by Gasteiger charge is 2.38. The number of hydrogen-bond donors (Lipinski definition) is 1. The average molecular weight is 509 g/mol. The lowest BCUT2D eigenvalue weighted by atomic mass is 9.96. The first-order chi connectivity index (χ1) is 17.0. The summed E-state index contributed by atoms with van der Waals surface area (Å²) in [6.07, 6.45) is -1.01. The minimum atomic E-state index is -3.96. The number of amides is 1. The fourth-order valence-corrected chi connectivity index (χ4v) is 5.90. The third-order valence-electron chi connectivity index (χ3n) is 6.63. The molecule has 36 heavy (non-hydrogen) atoms. The van der Waals surface area contributed by atoms with Crippen LogP contribution in [-0.2, 0) is 14.8 Å². The number of aryl methyl sites for hydroxylation is 4. The molecule has 1 heterocycles. The van der Waals surface area contributed by atoms with Crippen LogP contribution in [0.2, 0.25) is 0 Å². The standard InChI is InChI=1S/C28H32N2O5S/c1-17-7-12-26-25(13-17)30(36(32,33)23-10-8-22(34-6)9-11-23)16-27(35-26)28(31)29-21(5)24-15-19(3)18(2)14-20(24)4/h7-15,21,27H,16H2,1-6H3,(H,29,31)/t21-,27+/m1/s1. The smallest absolute Gasteiger partial charge is 0.264 e. The van der Waals surface area contributed by atoms with Crippen molar-refractivity contribution in [2.75, 3.05) is 18.0 Å². The molecule has 3 aromatic rings. The molecule has 1 N–H and O–H groups in total. The molecule has 190 valence electrons. The molecule has 1 aliphatic rings. The molecule has 0 fully saturated rings. The van der Waals surface area contributed by atoms with Gasteiger partial charge in [0.05, 0.1) is 30.3 Å². The van der Waals surface area contributed by atoms with Gasteiger partial charge in [-0.25, -0.2) is 8.42 Å². The molecule has 0 saturated heterocycles. The van der Waals surface area contributed by atoms with Crippen molar-refractivity contribution < 1.29 is 22.7 Å². The zero-order chi connectivity index (χ0) is 26.2. The number of sulfonamides is 1. The summed E-state index contributed by atoms with van der Waals surface area (Å²) in [6, 6.07) is 15.4. The van der Waals surface area contributed by atoms with Crippen LogP contribution in [0.3, 0.4) is 0 Å². The van der Waals surface area contributed by atoms with E-state index in [0.717, 1.165) is 22.3 Å². The van der Waals surface area contributed by atoms with E-state index in [-0.39, 0.29) is 23.4 Å². The molecule has 0 aliphatic carbocycles. The van der Waals surface area contributed by atoms with Gasteiger partial charge in [0.2, 0.25) is 0 Å². The van der Waals surface area contributed by atoms with Gasteiger partial charge in [0.25, 0.3) is 15.9 Å². The molecule has 0 saturated carbocycles. The zero-order valence-electron chi connectivity index (χ0n) is 21.5. The Balaban J connectivity index is 1.64. The fourth-order valence-electron chi connectivity index (χ4n) is 4.43. The topological polar surface area (TPSA) is 84.9 Å². The van der Waals surface area contributed by atoms with E-state index in [1.165, 1.54) is 29.1 Å². The molecule has 1 amide bonds. The number of fused-ring (bicyclic) bond motifs is 1. The minimum Gasteiger partial charge on any atom is -0.497 e. The van der Waals surface area contributed by atoms with Gasteiger partial charge in [-0.05, 0) is 98.8 Å². The van der Waals surface area contributed by atoms with Crippen molar-refractivity contribution >= 4 is 21.6 Å². The first kappa shape index (κ1) is 25.6. The second-order valence-electron chi connectivity index (χ2n) is 9.31. The predicted molar refractivity (Wildman–Crippen MR) is 140 cm³/mol. The van der Waals surface area contributed by atoms with E-state index in [1.54, 1.807) is 24.3 Å². The van der Waals surface area contributed by atoms with Crippen molar-refractivity contribution in [1.29, 1.82) is 0 Å². The van der Waals surface area contributed by atoms with Crippen LogP contribution in [0.5, 0.6) is 11.5 Å². The molecule has 0 radical (unpaired) electrons. The summed E-state index contributed by atoms with van der Waals surface area (Å²) in [5.74, 6) is 0.528. The average Bonchev–Trinajstić information content (AvgIpc) is 2.85. The maximum Gasteiger partial charge on any atom is 0.264 e. The van der Waals surface area contributed by atoms with E-state index >= 15 is 0 Å². The lowest BCUT2D eigenvalue weighted by molar-refractivity contribution is -0.128. The number of anilines is 1. The van der Waals surface area contributed by atoms with Crippen molar-refractivity contribution in [3.05, 3.63) is 82.4 Å². The highest BCUT2D eigenvalue weighted by molar-refractivity contribution is 7.92. The van der Waals surface area contributed by atoms with Crippen molar-refractivity contribution in [2.45, 2.75) is 51.7 Å². The molecule has 3 aromatic carbocycles. The third kappa shape index (κ3) is 4.91. The van der Waals surface area contributed by atoms with E-state index in [0.29, 0.717) is 17.2 Å². The summed E-state index contributed by atoms with van der Waals surface area (Å²) in [6.45, 7) is 9.77. The van der Waals surface area contributed by atoms with Gasteiger partial charge in [-0.1, -0.05) is 18.2 Å². The fraction of sp³-hybridized carbons (Fsp3) is 0.321. The molecule has 4 rings (SSSR count). The van der Waals surface area contributed by atoms with Crippen LogP contribution in [0.15, 0.2) is 59.5 Å². The SMILES string of the molecule is COc1ccc(S(=O)(=O)N2C[C@@H](C(=O)N[C@H](C)c3cc(C)c(C)cc3C)Oc3ccc(C)cc32)cc1. The van der Waals surface area contributed by atoms with Crippen LogP contribution in [0.25, 0.3) is 0 Å². The molecule has 0 aromatic heterocycles. The molecule has 7 nitrogen and oxygen atoms in total. The normalized spacial score (nSPS) is 16.1. The van der Waals surface area contributed by atoms with E-state index in [4.69, 9.17) is 9.47 Å². The number of nitrogens with one attached hydrogen (secondary N) is 1. The summed E-state index contributed by atoms with van der Waals surface area (Å²) >= 11 is 0. The first-order valence-corrected chi connectivity index (χ1v) is 13.3. The van der Waals surface area contributed by atoms with Gasteiger partial charge >= 0.3 is 0 Å². The number of nitrogens with zero attached hydrogens (tertiary/aromatic N) is 1. The Bertz CT molecular complexity index is 1400. The van der Waals surface area contributed by atoms with Crippen molar-refractivity contribution in [1.82, 2.24) is 5.32 Å². The molecule has 0 spiro atoms. The Morgan fingerprint density at radius 2 is 1.67 bits per heavy atom. The number of carbonyl (C=O) groups excluding carboxylic acids is 1. The Morgan fingerprint density at radius 1 is 1.00 bits per heavy atom. The lowest BCUT2D eigenvalue weighted by Crippen LogP contribution is -2.51. The third-order valence-corrected chi connectivity index (χ3v) is 8.43. The Kier molecular flexibility index (Phi) is 7.00. The van der Waals surface area contributed by atoms with Gasteiger partial charge in [-0.3, -0.25) is 9.10 Å². The van der Waals surface area contributed by atoms with Crippen LogP contribution in [0.1, 0.15) is 40.8 Å². The van der Waals surface area contributed by atoms with E-state index < -0.39 is 16.1 Å². The minimum absolute atomic E-state index is 0.107. The molecule has 2 atom stereocenters. The maximum atomic E-state index is 13.7. The first-order valence-electron chi connectivity index (χ1n) is 11.8. The number of benzene rings is 3. The second kappa shape index (κ2) is 9.85. The summed E-state index contributed by atoms with van der Waals surface area (Å²) in [4.78, 5) is 13.4. The Hall–Kier alpha value is -3.52. The zero-order valence-corrected chi connectivity index (χ0v) is 22.3. The molecule has 0 unspecified atom stereocenters. The van der Waals surface area contributed by atoms with Gasteiger partial charge in [0.1, 0.15) is 11.5 Å². The van der Waals surface area contributed by atoms with E-state index in [1.807, 2.05) is 33.8 Å². The van der Waals surface area contributed by atoms with Gasteiger partial charge in [-0.2, -0.15) is 0 Å². The number of ether oxygens (including phenoxy) is 2. The second-order valence-corrected chi connectivity index (χ2v) is 11.2. The van der Waals surface area contributed by atoms with E-state index in [9.17, 15) is 13.2 Å². The Morgan fingerprint density at radius 3 is 2.33 bits per heavy atom. The number of hydrogen-bond acceptors (Lipinski definition) is 5. The molecule has 0 bridgehead atoms. The quantitative estimate of drug-likeness (QED) is 0.519. The van der Waals surface area contributed by atoms with Gasteiger partial charge in [-0.15, -0.1) is 0 Å². The van der Waals surface area contributed by atoms with E-state index in [2.05, 4.69) is 24.4 Å². The largest absolute Gasteiger partial charge is 0.497 e. The summed E-state index contributed by atoms with van der Waals surface area (Å²) < 4.78 is 39.8. The highest BCUT2D eigenvalue weighted by atomic mass is 32.2. The lowest BCUT2D eigenvalue weighted by Gasteiger charge is -2.35. The summed E-state index contributed by atoms with van der Waals surface area (Å²) in [7, 11) is -2.44. The number of carbonyl (C=O) groups is 1. The van der Waals surface area contributed by atoms with Crippen LogP contribution >= 0.6 is 0 Å². The summed E-state index contributed by atoms with van der Waals surface area (Å²) in [5.41, 5.74) is 5.73. The molecule has 1 aliphatic heterocycles. The van der Waals surface area contributed by atoms with Gasteiger partial charge < -0.3 is 14.8 Å². The number of rotatable bonds is 6.